The summed E-state index contributed by atoms with van der Waals surface area (Å²) in [4.78, 5) is 20.6. The minimum atomic E-state index is -0.00916. The molecule has 0 aromatic carbocycles. The predicted molar refractivity (Wildman–Crippen MR) is 78.0 cm³/mol. The lowest BCUT2D eigenvalue weighted by Gasteiger charge is -2.34. The zero-order chi connectivity index (χ0) is 14.7. The molecule has 1 saturated heterocycles. The maximum atomic E-state index is 12.2. The van der Waals surface area contributed by atoms with E-state index in [4.69, 9.17) is 4.42 Å². The molecule has 0 unspecified atom stereocenters. The maximum absolute atomic E-state index is 12.2. The van der Waals surface area contributed by atoms with Gasteiger partial charge in [-0.1, -0.05) is 0 Å². The summed E-state index contributed by atoms with van der Waals surface area (Å²) in [6.07, 6.45) is 5.37. The topological polar surface area (TPSA) is 54.5 Å². The van der Waals surface area contributed by atoms with E-state index in [1.807, 2.05) is 24.2 Å². The predicted octanol–water partition coefficient (Wildman–Crippen LogP) is 1.24. The van der Waals surface area contributed by atoms with Gasteiger partial charge in [0.2, 0.25) is 0 Å². The average molecular weight is 288 g/mol. The second-order valence-electron chi connectivity index (χ2n) is 5.28. The molecule has 2 aromatic heterocycles. The van der Waals surface area contributed by atoms with Crippen molar-refractivity contribution in [3.8, 4) is 0 Å². The van der Waals surface area contributed by atoms with Crippen molar-refractivity contribution in [2.45, 2.75) is 13.5 Å². The van der Waals surface area contributed by atoms with Gasteiger partial charge in [-0.15, -0.1) is 0 Å². The smallest absolute Gasteiger partial charge is 0.289 e. The summed E-state index contributed by atoms with van der Waals surface area (Å²) in [6.45, 7) is 7.25. The molecule has 0 bridgehead atoms. The summed E-state index contributed by atoms with van der Waals surface area (Å²) in [7, 11) is 0. The highest BCUT2D eigenvalue weighted by molar-refractivity contribution is 5.91. The Bertz CT molecular complexity index is 583. The molecule has 3 rings (SSSR count). The third-order valence-corrected chi connectivity index (χ3v) is 3.97. The molecule has 0 saturated carbocycles. The molecule has 6 heteroatoms. The van der Waals surface area contributed by atoms with Crippen molar-refractivity contribution >= 4 is 5.91 Å². The largest absolute Gasteiger partial charge is 0.459 e. The quantitative estimate of drug-likeness (QED) is 0.849. The molecular formula is C15H20N4O2. The summed E-state index contributed by atoms with van der Waals surface area (Å²) in [6, 6.07) is 3.47. The van der Waals surface area contributed by atoms with Crippen LogP contribution >= 0.6 is 0 Å². The van der Waals surface area contributed by atoms with Crippen LogP contribution in [0.5, 0.6) is 0 Å². The lowest BCUT2D eigenvalue weighted by atomic mass is 10.3. The first-order valence-electron chi connectivity index (χ1n) is 7.27. The Hall–Kier alpha value is -2.08. The normalized spacial score (nSPS) is 16.3. The number of hydrogen-bond acceptors (Lipinski definition) is 4. The van der Waals surface area contributed by atoms with E-state index in [2.05, 4.69) is 14.5 Å². The molecule has 1 aliphatic heterocycles. The van der Waals surface area contributed by atoms with Crippen molar-refractivity contribution in [2.75, 3.05) is 32.7 Å². The van der Waals surface area contributed by atoms with E-state index >= 15 is 0 Å². The molecule has 1 amide bonds. The van der Waals surface area contributed by atoms with Gasteiger partial charge in [0.1, 0.15) is 5.82 Å². The molecule has 0 radical (unpaired) electrons. The second-order valence-corrected chi connectivity index (χ2v) is 5.28. The molecular weight excluding hydrogens is 268 g/mol. The van der Waals surface area contributed by atoms with Crippen molar-refractivity contribution < 1.29 is 9.21 Å². The lowest BCUT2D eigenvalue weighted by Crippen LogP contribution is -2.49. The summed E-state index contributed by atoms with van der Waals surface area (Å²) in [5, 5.41) is 0. The van der Waals surface area contributed by atoms with Gasteiger partial charge in [0.15, 0.2) is 5.76 Å². The van der Waals surface area contributed by atoms with Crippen molar-refractivity contribution in [1.82, 2.24) is 19.4 Å². The molecule has 0 spiro atoms. The number of piperazine rings is 1. The van der Waals surface area contributed by atoms with E-state index < -0.39 is 0 Å². The number of furan rings is 1. The van der Waals surface area contributed by atoms with Gasteiger partial charge in [-0.2, -0.15) is 0 Å². The monoisotopic (exact) mass is 288 g/mol. The molecule has 3 heterocycles. The molecule has 2 aromatic rings. The van der Waals surface area contributed by atoms with Crippen LogP contribution in [-0.2, 0) is 6.54 Å². The number of aryl methyl sites for hydroxylation is 1. The van der Waals surface area contributed by atoms with Crippen molar-refractivity contribution in [1.29, 1.82) is 0 Å². The van der Waals surface area contributed by atoms with Crippen molar-refractivity contribution in [3.05, 3.63) is 42.4 Å². The fourth-order valence-electron chi connectivity index (χ4n) is 2.62. The van der Waals surface area contributed by atoms with E-state index in [9.17, 15) is 4.79 Å². The van der Waals surface area contributed by atoms with Gasteiger partial charge in [-0.05, 0) is 19.1 Å². The minimum Gasteiger partial charge on any atom is -0.459 e. The first-order chi connectivity index (χ1) is 10.2. The van der Waals surface area contributed by atoms with E-state index in [0.29, 0.717) is 5.76 Å². The van der Waals surface area contributed by atoms with E-state index in [1.54, 1.807) is 12.1 Å². The van der Waals surface area contributed by atoms with Gasteiger partial charge < -0.3 is 13.9 Å². The number of rotatable bonds is 4. The Kier molecular flexibility index (Phi) is 4.06. The van der Waals surface area contributed by atoms with Gasteiger partial charge >= 0.3 is 0 Å². The van der Waals surface area contributed by atoms with Crippen LogP contribution in [0.3, 0.4) is 0 Å². The average Bonchev–Trinajstić information content (AvgIpc) is 3.17. The van der Waals surface area contributed by atoms with Crippen LogP contribution in [0, 0.1) is 6.92 Å². The Balaban J connectivity index is 1.47. The van der Waals surface area contributed by atoms with Crippen LogP contribution in [0.4, 0.5) is 0 Å². The molecule has 1 aliphatic rings. The Labute approximate surface area is 124 Å². The number of imidazole rings is 1. The number of amides is 1. The summed E-state index contributed by atoms with van der Waals surface area (Å²) >= 11 is 0. The molecule has 21 heavy (non-hydrogen) atoms. The Morgan fingerprint density at radius 1 is 1.29 bits per heavy atom. The molecule has 6 nitrogen and oxygen atoms in total. The van der Waals surface area contributed by atoms with Crippen LogP contribution in [0.25, 0.3) is 0 Å². The van der Waals surface area contributed by atoms with E-state index in [1.165, 1.54) is 6.26 Å². The SMILES string of the molecule is Cc1nccn1CCN1CCN(C(=O)c2ccco2)CC1. The fraction of sp³-hybridized carbons (Fsp3) is 0.467. The highest BCUT2D eigenvalue weighted by atomic mass is 16.3. The van der Waals surface area contributed by atoms with E-state index in [-0.39, 0.29) is 5.91 Å². The van der Waals surface area contributed by atoms with Crippen molar-refractivity contribution in [2.24, 2.45) is 0 Å². The third-order valence-electron chi connectivity index (χ3n) is 3.97. The fourth-order valence-corrected chi connectivity index (χ4v) is 2.62. The third kappa shape index (κ3) is 3.16. The van der Waals surface area contributed by atoms with Crippen LogP contribution in [-0.4, -0.2) is 58.0 Å². The number of carbonyl (C=O) groups excluding carboxylic acids is 1. The van der Waals surface area contributed by atoms with Gasteiger partial charge in [0, 0.05) is 51.7 Å². The Morgan fingerprint density at radius 2 is 2.10 bits per heavy atom. The number of aromatic nitrogens is 2. The molecule has 0 N–H and O–H groups in total. The second kappa shape index (κ2) is 6.13. The standard InChI is InChI=1S/C15H20N4O2/c1-13-16-4-5-18(13)9-6-17-7-10-19(11-8-17)15(20)14-3-2-12-21-14/h2-5,12H,6-11H2,1H3. The van der Waals surface area contributed by atoms with Crippen LogP contribution in [0.15, 0.2) is 35.2 Å². The van der Waals surface area contributed by atoms with Gasteiger partial charge in [-0.25, -0.2) is 4.98 Å². The molecule has 112 valence electrons. The summed E-state index contributed by atoms with van der Waals surface area (Å²) in [5.74, 6) is 1.46. The van der Waals surface area contributed by atoms with Gasteiger partial charge in [-0.3, -0.25) is 9.69 Å². The van der Waals surface area contributed by atoms with Crippen molar-refractivity contribution in [3.63, 3.8) is 0 Å². The highest BCUT2D eigenvalue weighted by Gasteiger charge is 2.23. The first kappa shape index (κ1) is 13.9. The number of hydrogen-bond donors (Lipinski definition) is 0. The van der Waals surface area contributed by atoms with Crippen LogP contribution in [0.1, 0.15) is 16.4 Å². The first-order valence-corrected chi connectivity index (χ1v) is 7.27. The molecule has 1 fully saturated rings. The van der Waals surface area contributed by atoms with E-state index in [0.717, 1.165) is 45.1 Å². The lowest BCUT2D eigenvalue weighted by molar-refractivity contribution is 0.0602. The van der Waals surface area contributed by atoms with Crippen LogP contribution in [0.2, 0.25) is 0 Å². The zero-order valence-electron chi connectivity index (χ0n) is 12.2. The Morgan fingerprint density at radius 3 is 2.71 bits per heavy atom. The summed E-state index contributed by atoms with van der Waals surface area (Å²) in [5.41, 5.74) is 0. The van der Waals surface area contributed by atoms with Gasteiger partial charge in [0.25, 0.3) is 5.91 Å². The van der Waals surface area contributed by atoms with Gasteiger partial charge in [0.05, 0.1) is 6.26 Å². The minimum absolute atomic E-state index is 0.00916. The summed E-state index contributed by atoms with van der Waals surface area (Å²) < 4.78 is 7.32. The maximum Gasteiger partial charge on any atom is 0.289 e. The molecule has 0 atom stereocenters. The zero-order valence-corrected chi connectivity index (χ0v) is 12.2. The number of carbonyl (C=O) groups is 1. The number of nitrogens with zero attached hydrogens (tertiary/aromatic N) is 4. The highest BCUT2D eigenvalue weighted by Crippen LogP contribution is 2.09. The molecule has 0 aliphatic carbocycles. The van der Waals surface area contributed by atoms with Crippen LogP contribution < -0.4 is 0 Å².